The van der Waals surface area contributed by atoms with Crippen LogP contribution in [0, 0.1) is 0 Å². The molecule has 0 aliphatic rings. The highest BCUT2D eigenvalue weighted by Crippen LogP contribution is 2.38. The molecule has 0 spiro atoms. The molecule has 0 saturated carbocycles. The van der Waals surface area contributed by atoms with E-state index in [2.05, 4.69) is 62.5 Å². The molecule has 0 saturated heterocycles. The molecule has 104 valence electrons. The van der Waals surface area contributed by atoms with E-state index in [1.54, 1.807) is 6.08 Å². The Labute approximate surface area is 126 Å². The lowest BCUT2D eigenvalue weighted by molar-refractivity contribution is -0.104. The van der Waals surface area contributed by atoms with Crippen LogP contribution in [0.4, 0.5) is 0 Å². The topological polar surface area (TPSA) is 26.3 Å². The number of allylic oxidation sites excluding steroid dienone is 1. The lowest BCUT2D eigenvalue weighted by Crippen LogP contribution is -2.43. The average Bonchev–Trinajstić information content (AvgIpc) is 2.15. The quantitative estimate of drug-likeness (QED) is 0.285. The van der Waals surface area contributed by atoms with E-state index in [-0.39, 0.29) is 11.1 Å². The Morgan fingerprint density at radius 1 is 1.39 bits per heavy atom. The average molecular weight is 380 g/mol. The van der Waals surface area contributed by atoms with E-state index in [9.17, 15) is 4.79 Å². The number of hydrogen-bond donors (Lipinski definition) is 0. The third-order valence-corrected chi connectivity index (χ3v) is 8.33. The van der Waals surface area contributed by atoms with Gasteiger partial charge in [-0.3, -0.25) is 4.79 Å². The Kier molecular flexibility index (Phi) is 7.62. The Hall–Kier alpha value is 0.0569. The number of hydrogen-bond acceptors (Lipinski definition) is 2. The van der Waals surface area contributed by atoms with Crippen LogP contribution >= 0.6 is 22.6 Å². The Balaban J connectivity index is 4.84. The lowest BCUT2D eigenvalue weighted by atomic mass is 10.1. The van der Waals surface area contributed by atoms with Crippen molar-refractivity contribution in [3.8, 4) is 0 Å². The summed E-state index contributed by atoms with van der Waals surface area (Å²) in [5.74, 6) is 0. The molecule has 0 heterocycles. The van der Waals surface area contributed by atoms with Gasteiger partial charge in [-0.2, -0.15) is 0 Å². The van der Waals surface area contributed by atoms with Gasteiger partial charge in [-0.05, 0) is 41.6 Å². The smallest absolute Gasteiger partial charge is 0.192 e. The van der Waals surface area contributed by atoms with Crippen molar-refractivity contribution >= 4 is 37.2 Å². The van der Waals surface area contributed by atoms with Gasteiger partial charge in [0.15, 0.2) is 8.32 Å². The van der Waals surface area contributed by atoms with E-state index in [1.807, 2.05) is 11.0 Å². The fraction of sp³-hybridized carbons (Fsp3) is 0.643. The van der Waals surface area contributed by atoms with Gasteiger partial charge < -0.3 is 4.43 Å². The molecule has 0 fully saturated rings. The van der Waals surface area contributed by atoms with E-state index in [4.69, 9.17) is 4.43 Å². The van der Waals surface area contributed by atoms with Crippen molar-refractivity contribution in [3.63, 3.8) is 0 Å². The highest BCUT2D eigenvalue weighted by atomic mass is 127. The summed E-state index contributed by atoms with van der Waals surface area (Å²) in [5, 5.41) is 0.201. The molecule has 0 aliphatic heterocycles. The van der Waals surface area contributed by atoms with E-state index in [0.717, 1.165) is 18.3 Å². The van der Waals surface area contributed by atoms with Gasteiger partial charge in [0.1, 0.15) is 6.29 Å². The standard InChI is InChI=1S/C14H25IO2Si/c1-12(8-10-16)11-13(7-9-15)17-18(5,6)14(2,3)4/h7-10,13H,11H2,1-6H3/b9-7+,12-8+/t13-/m0/s1. The zero-order valence-corrected chi connectivity index (χ0v) is 15.4. The SMILES string of the molecule is C/C(=C\C=O)C[C@H](/C=C/I)O[Si](C)(C)C(C)(C)C. The van der Waals surface area contributed by atoms with Crippen LogP contribution in [0.2, 0.25) is 18.1 Å². The second-order valence-corrected chi connectivity index (χ2v) is 11.6. The van der Waals surface area contributed by atoms with Crippen LogP contribution in [0.1, 0.15) is 34.1 Å². The molecule has 0 aromatic heterocycles. The molecule has 0 N–H and O–H groups in total. The zero-order chi connectivity index (χ0) is 14.4. The summed E-state index contributed by atoms with van der Waals surface area (Å²) >= 11 is 2.21. The van der Waals surface area contributed by atoms with Gasteiger partial charge in [-0.1, -0.05) is 55.0 Å². The van der Waals surface area contributed by atoms with Crippen LogP contribution in [0.3, 0.4) is 0 Å². The number of halogens is 1. The van der Waals surface area contributed by atoms with E-state index >= 15 is 0 Å². The summed E-state index contributed by atoms with van der Waals surface area (Å²) in [7, 11) is -1.77. The normalized spacial score (nSPS) is 16.1. The minimum absolute atomic E-state index is 0.0685. The Bertz CT molecular complexity index is 327. The number of aldehydes is 1. The molecule has 2 nitrogen and oxygen atoms in total. The summed E-state index contributed by atoms with van der Waals surface area (Å²) in [6.07, 6.45) is 5.38. The second kappa shape index (κ2) is 7.60. The van der Waals surface area contributed by atoms with Gasteiger partial charge in [-0.25, -0.2) is 0 Å². The minimum Gasteiger partial charge on any atom is -0.410 e. The maximum atomic E-state index is 10.5. The van der Waals surface area contributed by atoms with Crippen LogP contribution in [0.15, 0.2) is 21.8 Å². The first-order valence-corrected chi connectivity index (χ1v) is 10.3. The van der Waals surface area contributed by atoms with Gasteiger partial charge in [0.2, 0.25) is 0 Å². The van der Waals surface area contributed by atoms with Gasteiger partial charge in [0, 0.05) is 0 Å². The molecular formula is C14H25IO2Si. The minimum atomic E-state index is -1.77. The molecule has 0 amide bonds. The summed E-state index contributed by atoms with van der Waals surface area (Å²) < 4.78 is 8.34. The van der Waals surface area contributed by atoms with Crippen molar-refractivity contribution in [2.45, 2.75) is 58.4 Å². The number of rotatable bonds is 6. The number of carbonyl (C=O) groups excluding carboxylic acids is 1. The Morgan fingerprint density at radius 2 is 1.94 bits per heavy atom. The third kappa shape index (κ3) is 6.29. The summed E-state index contributed by atoms with van der Waals surface area (Å²) in [4.78, 5) is 10.5. The molecule has 4 heteroatoms. The van der Waals surface area contributed by atoms with Crippen molar-refractivity contribution in [3.05, 3.63) is 21.8 Å². The third-order valence-electron chi connectivity index (χ3n) is 3.42. The first-order chi connectivity index (χ1) is 8.14. The van der Waals surface area contributed by atoms with Crippen LogP contribution < -0.4 is 0 Å². The van der Waals surface area contributed by atoms with E-state index < -0.39 is 8.32 Å². The molecule has 0 aromatic carbocycles. The molecule has 18 heavy (non-hydrogen) atoms. The van der Waals surface area contributed by atoms with Crippen molar-refractivity contribution in [2.75, 3.05) is 0 Å². The van der Waals surface area contributed by atoms with Crippen LogP contribution in [0.5, 0.6) is 0 Å². The molecular weight excluding hydrogens is 355 g/mol. The molecule has 0 aromatic rings. The number of carbonyl (C=O) groups is 1. The maximum Gasteiger partial charge on any atom is 0.192 e. The monoisotopic (exact) mass is 380 g/mol. The van der Waals surface area contributed by atoms with Crippen molar-refractivity contribution in [1.29, 1.82) is 0 Å². The van der Waals surface area contributed by atoms with Crippen LogP contribution in [-0.2, 0) is 9.22 Å². The Morgan fingerprint density at radius 3 is 2.33 bits per heavy atom. The van der Waals surface area contributed by atoms with Crippen LogP contribution in [-0.4, -0.2) is 20.7 Å². The maximum absolute atomic E-state index is 10.5. The fourth-order valence-electron chi connectivity index (χ4n) is 1.29. The van der Waals surface area contributed by atoms with Gasteiger partial charge in [0.25, 0.3) is 0 Å². The summed E-state index contributed by atoms with van der Waals surface area (Å²) in [5.41, 5.74) is 1.06. The molecule has 0 aliphatic carbocycles. The first-order valence-electron chi connectivity index (χ1n) is 6.19. The lowest BCUT2D eigenvalue weighted by Gasteiger charge is -2.38. The summed E-state index contributed by atoms with van der Waals surface area (Å²) in [6, 6.07) is 0. The van der Waals surface area contributed by atoms with Gasteiger partial charge in [0.05, 0.1) is 6.10 Å². The van der Waals surface area contributed by atoms with E-state index in [1.165, 1.54) is 0 Å². The van der Waals surface area contributed by atoms with Crippen molar-refractivity contribution < 1.29 is 9.22 Å². The fourth-order valence-corrected chi connectivity index (χ4v) is 3.02. The summed E-state index contributed by atoms with van der Waals surface area (Å²) in [6.45, 7) is 13.2. The first kappa shape index (κ1) is 18.1. The largest absolute Gasteiger partial charge is 0.410 e. The highest BCUT2D eigenvalue weighted by Gasteiger charge is 2.38. The zero-order valence-electron chi connectivity index (χ0n) is 12.3. The van der Waals surface area contributed by atoms with Crippen molar-refractivity contribution in [2.24, 2.45) is 0 Å². The van der Waals surface area contributed by atoms with Gasteiger partial charge >= 0.3 is 0 Å². The van der Waals surface area contributed by atoms with Crippen LogP contribution in [0.25, 0.3) is 0 Å². The predicted octanol–water partition coefficient (Wildman–Crippen LogP) is 4.86. The molecule has 0 rings (SSSR count). The predicted molar refractivity (Wildman–Crippen MR) is 89.7 cm³/mol. The highest BCUT2D eigenvalue weighted by molar-refractivity contribution is 14.1. The molecule has 0 bridgehead atoms. The van der Waals surface area contributed by atoms with Crippen molar-refractivity contribution in [1.82, 2.24) is 0 Å². The second-order valence-electron chi connectivity index (χ2n) is 6.09. The molecule has 0 unspecified atom stereocenters. The molecule has 1 atom stereocenters. The van der Waals surface area contributed by atoms with Gasteiger partial charge in [-0.15, -0.1) is 0 Å². The van der Waals surface area contributed by atoms with E-state index in [0.29, 0.717) is 0 Å². The molecule has 0 radical (unpaired) electrons.